The molecule has 0 spiro atoms. The number of rotatable bonds is 2. The van der Waals surface area contributed by atoms with Gasteiger partial charge in [0.25, 0.3) is 0 Å². The Labute approximate surface area is 120 Å². The number of nitrogens with zero attached hydrogens (tertiary/aromatic N) is 1. The number of carbonyl (C=O) groups excluding carboxylic acids is 2. The summed E-state index contributed by atoms with van der Waals surface area (Å²) in [6, 6.07) is 0.220. The third-order valence-electron chi connectivity index (χ3n) is 5.30. The fraction of sp³-hybridized carbons (Fsp3) is 0.750. The zero-order valence-electron chi connectivity index (χ0n) is 12.4. The first kappa shape index (κ1) is 13.8. The van der Waals surface area contributed by atoms with E-state index in [0.717, 1.165) is 25.8 Å². The van der Waals surface area contributed by atoms with Crippen LogP contribution in [-0.2, 0) is 9.59 Å². The maximum absolute atomic E-state index is 12.5. The molecule has 2 saturated heterocycles. The van der Waals surface area contributed by atoms with Crippen LogP contribution in [0.3, 0.4) is 0 Å². The van der Waals surface area contributed by atoms with Crippen molar-refractivity contribution in [1.29, 1.82) is 0 Å². The Morgan fingerprint density at radius 1 is 1.20 bits per heavy atom. The van der Waals surface area contributed by atoms with Gasteiger partial charge in [0.15, 0.2) is 0 Å². The average Bonchev–Trinajstić information content (AvgIpc) is 2.66. The third-order valence-corrected chi connectivity index (χ3v) is 5.30. The molecule has 4 heteroatoms. The van der Waals surface area contributed by atoms with Crippen molar-refractivity contribution in [2.24, 2.45) is 17.3 Å². The van der Waals surface area contributed by atoms with Gasteiger partial charge in [0.2, 0.25) is 11.8 Å². The summed E-state index contributed by atoms with van der Waals surface area (Å²) in [6.45, 7) is 5.98. The van der Waals surface area contributed by atoms with Crippen molar-refractivity contribution < 1.29 is 9.59 Å². The molecule has 2 fully saturated rings. The first-order valence-electron chi connectivity index (χ1n) is 7.74. The molecular formula is C16H24N2O2. The fourth-order valence-corrected chi connectivity index (χ4v) is 3.81. The molecule has 2 amide bonds. The van der Waals surface area contributed by atoms with Gasteiger partial charge < -0.3 is 5.32 Å². The highest BCUT2D eigenvalue weighted by Gasteiger charge is 2.48. The minimum atomic E-state index is -0.0980. The lowest BCUT2D eigenvalue weighted by Crippen LogP contribution is -2.54. The van der Waals surface area contributed by atoms with Crippen molar-refractivity contribution in [2.45, 2.75) is 45.6 Å². The van der Waals surface area contributed by atoms with E-state index in [0.29, 0.717) is 6.54 Å². The van der Waals surface area contributed by atoms with E-state index in [9.17, 15) is 9.59 Å². The maximum Gasteiger partial charge on any atom is 0.233 e. The van der Waals surface area contributed by atoms with E-state index >= 15 is 0 Å². The van der Waals surface area contributed by atoms with Crippen LogP contribution in [0.15, 0.2) is 12.2 Å². The van der Waals surface area contributed by atoms with Crippen LogP contribution in [-0.4, -0.2) is 35.8 Å². The zero-order valence-corrected chi connectivity index (χ0v) is 12.4. The summed E-state index contributed by atoms with van der Waals surface area (Å²) in [5.74, 6) is -0.0987. The molecule has 4 nitrogen and oxygen atoms in total. The lowest BCUT2D eigenvalue weighted by molar-refractivity contribution is -0.140. The van der Waals surface area contributed by atoms with Crippen LogP contribution < -0.4 is 5.32 Å². The highest BCUT2D eigenvalue weighted by atomic mass is 16.2. The average molecular weight is 276 g/mol. The van der Waals surface area contributed by atoms with E-state index in [1.54, 1.807) is 0 Å². The summed E-state index contributed by atoms with van der Waals surface area (Å²) in [5.41, 5.74) is 0.144. The van der Waals surface area contributed by atoms with E-state index in [-0.39, 0.29) is 35.1 Å². The molecule has 1 aliphatic carbocycles. The standard InChI is InChI=1S/C16H24N2O2/c1-16(2)8-5-9-17-13(16)10-18-14(19)11-6-3-4-7-12(11)15(18)20/h3-4,11-13,17H,5-10H2,1-2H3. The Bertz CT molecular complexity index is 429. The van der Waals surface area contributed by atoms with Crippen LogP contribution in [0.5, 0.6) is 0 Å². The molecule has 3 atom stereocenters. The number of hydrogen-bond donors (Lipinski definition) is 1. The molecule has 2 heterocycles. The second-order valence-corrected chi connectivity index (χ2v) is 7.04. The van der Waals surface area contributed by atoms with Gasteiger partial charge in [0, 0.05) is 12.6 Å². The molecule has 0 aromatic heterocycles. The van der Waals surface area contributed by atoms with Crippen LogP contribution in [0.1, 0.15) is 39.5 Å². The number of hydrogen-bond acceptors (Lipinski definition) is 3. The Kier molecular flexibility index (Phi) is 3.44. The second kappa shape index (κ2) is 4.99. The summed E-state index contributed by atoms with van der Waals surface area (Å²) in [6.07, 6.45) is 7.85. The van der Waals surface area contributed by atoms with Gasteiger partial charge in [-0.1, -0.05) is 26.0 Å². The van der Waals surface area contributed by atoms with Gasteiger partial charge in [-0.3, -0.25) is 14.5 Å². The summed E-state index contributed by atoms with van der Waals surface area (Å²) in [4.78, 5) is 26.5. The molecule has 20 heavy (non-hydrogen) atoms. The van der Waals surface area contributed by atoms with Crippen LogP contribution in [0.25, 0.3) is 0 Å². The van der Waals surface area contributed by atoms with Crippen molar-refractivity contribution >= 4 is 11.8 Å². The smallest absolute Gasteiger partial charge is 0.233 e. The molecule has 0 aromatic rings. The first-order valence-corrected chi connectivity index (χ1v) is 7.74. The van der Waals surface area contributed by atoms with Gasteiger partial charge in [-0.15, -0.1) is 0 Å². The van der Waals surface area contributed by atoms with Crippen molar-refractivity contribution in [1.82, 2.24) is 10.2 Å². The van der Waals surface area contributed by atoms with Crippen LogP contribution in [0.4, 0.5) is 0 Å². The van der Waals surface area contributed by atoms with Crippen molar-refractivity contribution in [3.05, 3.63) is 12.2 Å². The van der Waals surface area contributed by atoms with Crippen molar-refractivity contribution in [2.75, 3.05) is 13.1 Å². The van der Waals surface area contributed by atoms with Gasteiger partial charge in [0.1, 0.15) is 0 Å². The number of likely N-dealkylation sites (tertiary alicyclic amines) is 1. The zero-order chi connectivity index (χ0) is 14.3. The largest absolute Gasteiger partial charge is 0.312 e. The summed E-state index contributed by atoms with van der Waals surface area (Å²) in [7, 11) is 0. The predicted molar refractivity (Wildman–Crippen MR) is 76.9 cm³/mol. The number of carbonyl (C=O) groups is 2. The highest BCUT2D eigenvalue weighted by molar-refractivity contribution is 6.05. The minimum Gasteiger partial charge on any atom is -0.312 e. The normalized spacial score (nSPS) is 36.3. The molecule has 3 unspecified atom stereocenters. The SMILES string of the molecule is CC1(C)CCCNC1CN1C(=O)C2CC=CCC2C1=O. The second-order valence-electron chi connectivity index (χ2n) is 7.04. The molecule has 110 valence electrons. The molecule has 0 bridgehead atoms. The Morgan fingerprint density at radius 3 is 2.35 bits per heavy atom. The summed E-state index contributed by atoms with van der Waals surface area (Å²) in [5, 5.41) is 3.50. The molecule has 0 radical (unpaired) electrons. The summed E-state index contributed by atoms with van der Waals surface area (Å²) < 4.78 is 0. The maximum atomic E-state index is 12.5. The topological polar surface area (TPSA) is 49.4 Å². The summed E-state index contributed by atoms with van der Waals surface area (Å²) >= 11 is 0. The number of nitrogens with one attached hydrogen (secondary N) is 1. The molecule has 1 N–H and O–H groups in total. The van der Waals surface area contributed by atoms with Crippen LogP contribution in [0, 0.1) is 17.3 Å². The highest BCUT2D eigenvalue weighted by Crippen LogP contribution is 2.37. The molecule has 3 aliphatic rings. The van der Waals surface area contributed by atoms with Crippen molar-refractivity contribution in [3.63, 3.8) is 0 Å². The van der Waals surface area contributed by atoms with Gasteiger partial charge in [-0.2, -0.15) is 0 Å². The van der Waals surface area contributed by atoms with E-state index in [4.69, 9.17) is 0 Å². The minimum absolute atomic E-state index is 0.0486. The number of piperidine rings is 1. The van der Waals surface area contributed by atoms with E-state index < -0.39 is 0 Å². The molecule has 2 aliphatic heterocycles. The Morgan fingerprint density at radius 2 is 1.80 bits per heavy atom. The predicted octanol–water partition coefficient (Wildman–Crippen LogP) is 1.72. The number of allylic oxidation sites excluding steroid dienone is 2. The Balaban J connectivity index is 1.74. The quantitative estimate of drug-likeness (QED) is 0.617. The fourth-order valence-electron chi connectivity index (χ4n) is 3.81. The van der Waals surface area contributed by atoms with Gasteiger partial charge >= 0.3 is 0 Å². The van der Waals surface area contributed by atoms with Crippen LogP contribution in [0.2, 0.25) is 0 Å². The third kappa shape index (κ3) is 2.20. The van der Waals surface area contributed by atoms with Crippen LogP contribution >= 0.6 is 0 Å². The Hall–Kier alpha value is -1.16. The van der Waals surface area contributed by atoms with Crippen molar-refractivity contribution in [3.8, 4) is 0 Å². The number of amides is 2. The lowest BCUT2D eigenvalue weighted by Gasteiger charge is -2.41. The first-order chi connectivity index (χ1) is 9.50. The van der Waals surface area contributed by atoms with Gasteiger partial charge in [-0.05, 0) is 37.6 Å². The van der Waals surface area contributed by atoms with E-state index in [1.165, 1.54) is 11.3 Å². The molecule has 3 rings (SSSR count). The molecular weight excluding hydrogens is 252 g/mol. The monoisotopic (exact) mass is 276 g/mol. The van der Waals surface area contributed by atoms with Gasteiger partial charge in [-0.25, -0.2) is 0 Å². The van der Waals surface area contributed by atoms with Gasteiger partial charge in [0.05, 0.1) is 11.8 Å². The van der Waals surface area contributed by atoms with E-state index in [2.05, 4.69) is 19.2 Å². The lowest BCUT2D eigenvalue weighted by atomic mass is 9.77. The van der Waals surface area contributed by atoms with E-state index in [1.807, 2.05) is 12.2 Å². The molecule has 0 aromatic carbocycles. The molecule has 0 saturated carbocycles. The number of fused-ring (bicyclic) bond motifs is 1. The number of imide groups is 1.